The quantitative estimate of drug-likeness (QED) is 0.505. The summed E-state index contributed by atoms with van der Waals surface area (Å²) in [7, 11) is -4.11. The SMILES string of the molecule is O=C(CN1C(=O)C2C3C=CC(C3)C2C1=O)Nc1ccc(F)c(S(=O)(=O)N2CCOCC2)c1. The zero-order chi connectivity index (χ0) is 22.6. The lowest BCUT2D eigenvalue weighted by atomic mass is 9.85. The summed E-state index contributed by atoms with van der Waals surface area (Å²) in [6.45, 7) is 0.184. The molecule has 5 rings (SSSR count). The van der Waals surface area contributed by atoms with E-state index in [9.17, 15) is 27.2 Å². The maximum absolute atomic E-state index is 14.3. The molecule has 11 heteroatoms. The average Bonchev–Trinajstić information content (AvgIpc) is 3.46. The number of likely N-dealkylation sites (tertiary alicyclic amines) is 1. The van der Waals surface area contributed by atoms with Crippen LogP contribution in [0.4, 0.5) is 10.1 Å². The van der Waals surface area contributed by atoms with Crippen molar-refractivity contribution >= 4 is 33.4 Å². The molecule has 3 amide bonds. The van der Waals surface area contributed by atoms with Crippen molar-refractivity contribution in [1.82, 2.24) is 9.21 Å². The van der Waals surface area contributed by atoms with E-state index in [1.54, 1.807) is 0 Å². The Morgan fingerprint density at radius 1 is 1.09 bits per heavy atom. The third kappa shape index (κ3) is 3.35. The summed E-state index contributed by atoms with van der Waals surface area (Å²) in [6.07, 6.45) is 4.73. The van der Waals surface area contributed by atoms with Crippen LogP contribution in [-0.4, -0.2) is 68.2 Å². The molecule has 170 valence electrons. The minimum Gasteiger partial charge on any atom is -0.379 e. The minimum absolute atomic E-state index is 0.0413. The van der Waals surface area contributed by atoms with Crippen LogP contribution in [0.5, 0.6) is 0 Å². The highest BCUT2D eigenvalue weighted by atomic mass is 32.2. The van der Waals surface area contributed by atoms with Crippen LogP contribution in [-0.2, 0) is 29.1 Å². The molecule has 0 spiro atoms. The van der Waals surface area contributed by atoms with E-state index in [4.69, 9.17) is 4.74 Å². The van der Waals surface area contributed by atoms with Crippen molar-refractivity contribution in [3.63, 3.8) is 0 Å². The van der Waals surface area contributed by atoms with E-state index in [-0.39, 0.29) is 55.6 Å². The van der Waals surface area contributed by atoms with Crippen LogP contribution in [0.1, 0.15) is 6.42 Å². The molecule has 0 aromatic heterocycles. The topological polar surface area (TPSA) is 113 Å². The number of morpholine rings is 1. The lowest BCUT2D eigenvalue weighted by molar-refractivity contribution is -0.143. The molecule has 4 unspecified atom stereocenters. The second kappa shape index (κ2) is 7.75. The number of amides is 3. The molecular formula is C21H22FN3O6S. The highest BCUT2D eigenvalue weighted by Gasteiger charge is 2.59. The predicted octanol–water partition coefficient (Wildman–Crippen LogP) is 0.592. The number of rotatable bonds is 5. The van der Waals surface area contributed by atoms with Gasteiger partial charge in [-0.15, -0.1) is 0 Å². The average molecular weight is 463 g/mol. The Kier molecular flexibility index (Phi) is 5.14. The van der Waals surface area contributed by atoms with Crippen LogP contribution in [0.25, 0.3) is 0 Å². The van der Waals surface area contributed by atoms with Gasteiger partial charge in [0.2, 0.25) is 27.7 Å². The molecular weight excluding hydrogens is 441 g/mol. The lowest BCUT2D eigenvalue weighted by Crippen LogP contribution is -2.41. The minimum atomic E-state index is -4.11. The van der Waals surface area contributed by atoms with Gasteiger partial charge in [0, 0.05) is 18.8 Å². The number of anilines is 1. The van der Waals surface area contributed by atoms with E-state index in [2.05, 4.69) is 5.32 Å². The number of halogens is 1. The van der Waals surface area contributed by atoms with E-state index >= 15 is 0 Å². The van der Waals surface area contributed by atoms with Crippen molar-refractivity contribution in [3.05, 3.63) is 36.2 Å². The fourth-order valence-corrected chi connectivity index (χ4v) is 6.67. The van der Waals surface area contributed by atoms with Crippen LogP contribution in [0, 0.1) is 29.5 Å². The maximum atomic E-state index is 14.3. The first kappa shape index (κ1) is 21.2. The van der Waals surface area contributed by atoms with Gasteiger partial charge in [-0.1, -0.05) is 12.2 Å². The monoisotopic (exact) mass is 463 g/mol. The van der Waals surface area contributed by atoms with Gasteiger partial charge in [-0.2, -0.15) is 4.31 Å². The molecule has 2 heterocycles. The second-order valence-corrected chi connectivity index (χ2v) is 10.4. The molecule has 2 aliphatic heterocycles. The smallest absolute Gasteiger partial charge is 0.246 e. The largest absolute Gasteiger partial charge is 0.379 e. The molecule has 1 aromatic carbocycles. The molecule has 1 N–H and O–H groups in total. The number of carbonyl (C=O) groups excluding carboxylic acids is 3. The molecule has 0 radical (unpaired) electrons. The van der Waals surface area contributed by atoms with Gasteiger partial charge >= 0.3 is 0 Å². The van der Waals surface area contributed by atoms with E-state index < -0.39 is 45.0 Å². The summed E-state index contributed by atoms with van der Waals surface area (Å²) in [5.41, 5.74) is 0.0595. The molecule has 4 atom stereocenters. The number of ether oxygens (including phenoxy) is 1. The van der Waals surface area contributed by atoms with Gasteiger partial charge < -0.3 is 10.1 Å². The van der Waals surface area contributed by atoms with E-state index in [0.29, 0.717) is 0 Å². The van der Waals surface area contributed by atoms with Crippen LogP contribution in [0.15, 0.2) is 35.2 Å². The van der Waals surface area contributed by atoms with Gasteiger partial charge in [0.05, 0.1) is 25.0 Å². The molecule has 2 aliphatic carbocycles. The van der Waals surface area contributed by atoms with Crippen molar-refractivity contribution in [2.45, 2.75) is 11.3 Å². The lowest BCUT2D eigenvalue weighted by Gasteiger charge is -2.26. The van der Waals surface area contributed by atoms with Crippen molar-refractivity contribution in [2.75, 3.05) is 38.2 Å². The van der Waals surface area contributed by atoms with Crippen molar-refractivity contribution in [1.29, 1.82) is 0 Å². The number of nitrogens with zero attached hydrogens (tertiary/aromatic N) is 2. The molecule has 9 nitrogen and oxygen atoms in total. The highest BCUT2D eigenvalue weighted by Crippen LogP contribution is 2.52. The van der Waals surface area contributed by atoms with Gasteiger partial charge in [-0.25, -0.2) is 12.8 Å². The number of carbonyl (C=O) groups is 3. The third-order valence-electron chi connectivity index (χ3n) is 6.67. The number of fused-ring (bicyclic) bond motifs is 5. The summed E-state index contributed by atoms with van der Waals surface area (Å²) in [5.74, 6) is -3.01. The van der Waals surface area contributed by atoms with Gasteiger partial charge in [-0.05, 0) is 36.5 Å². The van der Waals surface area contributed by atoms with Crippen molar-refractivity contribution in [2.24, 2.45) is 23.7 Å². The van der Waals surface area contributed by atoms with Gasteiger partial charge in [0.25, 0.3) is 0 Å². The number of hydrogen-bond donors (Lipinski definition) is 1. The van der Waals surface area contributed by atoms with E-state index in [1.165, 1.54) is 6.07 Å². The zero-order valence-corrected chi connectivity index (χ0v) is 17.9. The molecule has 2 saturated heterocycles. The van der Waals surface area contributed by atoms with Crippen LogP contribution >= 0.6 is 0 Å². The first-order chi connectivity index (χ1) is 15.3. The second-order valence-electron chi connectivity index (χ2n) is 8.47. The molecule has 2 bridgehead atoms. The van der Waals surface area contributed by atoms with Gasteiger partial charge in [0.1, 0.15) is 17.3 Å². The van der Waals surface area contributed by atoms with Gasteiger partial charge in [-0.3, -0.25) is 19.3 Å². The number of imide groups is 1. The number of sulfonamides is 1. The third-order valence-corrected chi connectivity index (χ3v) is 8.58. The molecule has 32 heavy (non-hydrogen) atoms. The fourth-order valence-electron chi connectivity index (χ4n) is 5.17. The predicted molar refractivity (Wildman–Crippen MR) is 109 cm³/mol. The van der Waals surface area contributed by atoms with Crippen molar-refractivity contribution < 1.29 is 31.9 Å². The molecule has 4 aliphatic rings. The summed E-state index contributed by atoms with van der Waals surface area (Å²) in [5, 5.41) is 2.48. The van der Waals surface area contributed by atoms with Gasteiger partial charge in [0.15, 0.2) is 0 Å². The summed E-state index contributed by atoms with van der Waals surface area (Å²) < 4.78 is 46.2. The zero-order valence-electron chi connectivity index (χ0n) is 17.1. The van der Waals surface area contributed by atoms with Crippen LogP contribution in [0.3, 0.4) is 0 Å². The summed E-state index contributed by atoms with van der Waals surface area (Å²) in [4.78, 5) is 38.4. The number of hydrogen-bond acceptors (Lipinski definition) is 6. The van der Waals surface area contributed by atoms with E-state index in [0.717, 1.165) is 27.8 Å². The number of nitrogens with one attached hydrogen (secondary N) is 1. The first-order valence-corrected chi connectivity index (χ1v) is 11.9. The first-order valence-electron chi connectivity index (χ1n) is 10.5. The molecule has 3 fully saturated rings. The van der Waals surface area contributed by atoms with Crippen molar-refractivity contribution in [3.8, 4) is 0 Å². The molecule has 1 saturated carbocycles. The Balaban J connectivity index is 1.30. The summed E-state index contributed by atoms with van der Waals surface area (Å²) in [6, 6.07) is 3.24. The fraction of sp³-hybridized carbons (Fsp3) is 0.476. The van der Waals surface area contributed by atoms with E-state index in [1.807, 2.05) is 12.2 Å². The number of benzene rings is 1. The van der Waals surface area contributed by atoms with Crippen LogP contribution < -0.4 is 5.32 Å². The Hall–Kier alpha value is -2.63. The van der Waals surface area contributed by atoms with Crippen LogP contribution in [0.2, 0.25) is 0 Å². The maximum Gasteiger partial charge on any atom is 0.246 e. The Morgan fingerprint density at radius 3 is 2.34 bits per heavy atom. The number of allylic oxidation sites excluding steroid dienone is 2. The normalized spacial score (nSPS) is 29.6. The Morgan fingerprint density at radius 2 is 1.72 bits per heavy atom. The standard InChI is InChI=1S/C21H22FN3O6S/c22-15-4-3-14(10-16(15)32(29,30)24-5-7-31-8-6-24)23-17(26)11-25-20(27)18-12-1-2-13(9-12)19(18)21(25)28/h1-4,10,12-13,18-19H,5-9,11H2,(H,23,26). The summed E-state index contributed by atoms with van der Waals surface area (Å²) >= 11 is 0. The highest BCUT2D eigenvalue weighted by molar-refractivity contribution is 7.89. The Labute approximate surface area is 184 Å². The Bertz CT molecular complexity index is 1100. The molecule has 1 aromatic rings.